The highest BCUT2D eigenvalue weighted by molar-refractivity contribution is 7.43. The molecule has 0 amide bonds. The van der Waals surface area contributed by atoms with Crippen molar-refractivity contribution in [1.29, 1.82) is 0 Å². The highest BCUT2D eigenvalue weighted by Crippen LogP contribution is 2.28. The Morgan fingerprint density at radius 3 is 2.23 bits per heavy atom. The Balaban J connectivity index is 2.76. The van der Waals surface area contributed by atoms with Crippen LogP contribution in [-0.2, 0) is 11.2 Å². The summed E-state index contributed by atoms with van der Waals surface area (Å²) in [5.74, 6) is -0.106. The zero-order chi connectivity index (χ0) is 9.90. The predicted molar refractivity (Wildman–Crippen MR) is 39.5 cm³/mol. The lowest BCUT2D eigenvalue weighted by Gasteiger charge is -2.28. The van der Waals surface area contributed by atoms with Crippen molar-refractivity contribution in [2.75, 3.05) is 0 Å². The molecule has 0 aliphatic carbocycles. The maximum absolute atomic E-state index is 12.0. The molecule has 0 radical (unpaired) electrons. The standard InChI is InChI=1S/C7H8FO4P/c8-5-6-1-3-7(4-2-6)12-13(9,10)11/h1-4H,5H2,(H2,9,10,11)/p-2. The first-order valence-electron chi connectivity index (χ1n) is 3.38. The molecule has 1 rings (SSSR count). The van der Waals surface area contributed by atoms with Crippen LogP contribution in [0.25, 0.3) is 0 Å². The summed E-state index contributed by atoms with van der Waals surface area (Å²) in [5, 5.41) is 0. The van der Waals surface area contributed by atoms with Crippen molar-refractivity contribution in [3.05, 3.63) is 29.8 Å². The van der Waals surface area contributed by atoms with E-state index < -0.39 is 14.5 Å². The Hall–Kier alpha value is -0.900. The quantitative estimate of drug-likeness (QED) is 0.666. The highest BCUT2D eigenvalue weighted by atomic mass is 31.2. The van der Waals surface area contributed by atoms with Gasteiger partial charge in [0.2, 0.25) is 0 Å². The van der Waals surface area contributed by atoms with Gasteiger partial charge in [0.25, 0.3) is 0 Å². The molecule has 0 unspecified atom stereocenters. The molecule has 0 aliphatic heterocycles. The molecule has 0 aromatic heterocycles. The Labute approximate surface area is 74.2 Å². The van der Waals surface area contributed by atoms with Gasteiger partial charge in [-0.25, -0.2) is 4.39 Å². The van der Waals surface area contributed by atoms with Gasteiger partial charge in [-0.2, -0.15) is 0 Å². The molecule has 0 saturated carbocycles. The summed E-state index contributed by atoms with van der Waals surface area (Å²) >= 11 is 0. The molecule has 0 spiro atoms. The minimum Gasteiger partial charge on any atom is -0.780 e. The van der Waals surface area contributed by atoms with Gasteiger partial charge in [-0.3, -0.25) is 0 Å². The van der Waals surface area contributed by atoms with Gasteiger partial charge in [0.15, 0.2) is 0 Å². The summed E-state index contributed by atoms with van der Waals surface area (Å²) < 4.78 is 26.1. The first kappa shape index (κ1) is 10.2. The molecule has 1 aromatic carbocycles. The van der Waals surface area contributed by atoms with E-state index in [1.807, 2.05) is 0 Å². The number of hydrogen-bond donors (Lipinski definition) is 0. The minimum absolute atomic E-state index is 0.106. The molecule has 0 atom stereocenters. The molecule has 0 heterocycles. The van der Waals surface area contributed by atoms with Gasteiger partial charge in [0.05, 0.1) is 0 Å². The van der Waals surface area contributed by atoms with Crippen LogP contribution in [0, 0.1) is 0 Å². The molecular formula is C7H6FO4P-2. The van der Waals surface area contributed by atoms with E-state index >= 15 is 0 Å². The third-order valence-electron chi connectivity index (χ3n) is 1.29. The molecule has 0 N–H and O–H groups in total. The Kier molecular flexibility index (Phi) is 3.03. The third-order valence-corrected chi connectivity index (χ3v) is 1.73. The van der Waals surface area contributed by atoms with E-state index in [0.717, 1.165) is 0 Å². The first-order chi connectivity index (χ1) is 6.01. The average molecular weight is 204 g/mol. The Bertz CT molecular complexity index is 318. The zero-order valence-electron chi connectivity index (χ0n) is 6.47. The number of phosphoric acid groups is 1. The number of hydrogen-bond acceptors (Lipinski definition) is 4. The highest BCUT2D eigenvalue weighted by Gasteiger charge is 1.96. The largest absolute Gasteiger partial charge is 0.780 e. The molecule has 1 aromatic rings. The molecule has 0 fully saturated rings. The van der Waals surface area contributed by atoms with Gasteiger partial charge >= 0.3 is 0 Å². The summed E-state index contributed by atoms with van der Waals surface area (Å²) in [7, 11) is -5.00. The maximum atomic E-state index is 12.0. The van der Waals surface area contributed by atoms with Crippen LogP contribution in [0.2, 0.25) is 0 Å². The van der Waals surface area contributed by atoms with E-state index in [0.29, 0.717) is 5.56 Å². The average Bonchev–Trinajstić information content (AvgIpc) is 2.03. The SMILES string of the molecule is O=P([O-])([O-])Oc1ccc(CF)cc1. The van der Waals surface area contributed by atoms with Crippen molar-refractivity contribution < 1.29 is 23.3 Å². The fraction of sp³-hybridized carbons (Fsp3) is 0.143. The molecule has 0 bridgehead atoms. The van der Waals surface area contributed by atoms with E-state index in [2.05, 4.69) is 4.52 Å². The number of halogens is 1. The van der Waals surface area contributed by atoms with Gasteiger partial charge in [0, 0.05) is 0 Å². The van der Waals surface area contributed by atoms with Crippen molar-refractivity contribution in [2.24, 2.45) is 0 Å². The van der Waals surface area contributed by atoms with Crippen molar-refractivity contribution in [3.8, 4) is 5.75 Å². The van der Waals surface area contributed by atoms with Gasteiger partial charge in [-0.05, 0) is 17.7 Å². The van der Waals surface area contributed by atoms with Crippen LogP contribution in [0.15, 0.2) is 24.3 Å². The van der Waals surface area contributed by atoms with Gasteiger partial charge < -0.3 is 18.9 Å². The summed E-state index contributed by atoms with van der Waals surface area (Å²) in [5.41, 5.74) is 0.388. The van der Waals surface area contributed by atoms with Crippen molar-refractivity contribution in [1.82, 2.24) is 0 Å². The van der Waals surface area contributed by atoms with Crippen LogP contribution < -0.4 is 14.3 Å². The van der Waals surface area contributed by atoms with Gasteiger partial charge in [0.1, 0.15) is 20.2 Å². The second-order valence-corrected chi connectivity index (χ2v) is 3.39. The minimum atomic E-state index is -5.00. The molecule has 13 heavy (non-hydrogen) atoms. The van der Waals surface area contributed by atoms with Crippen LogP contribution in [0.3, 0.4) is 0 Å². The summed E-state index contributed by atoms with van der Waals surface area (Å²) in [6.07, 6.45) is 0. The van der Waals surface area contributed by atoms with Crippen LogP contribution in [0.1, 0.15) is 5.56 Å². The Morgan fingerprint density at radius 1 is 1.31 bits per heavy atom. The fourth-order valence-electron chi connectivity index (χ4n) is 0.768. The van der Waals surface area contributed by atoms with Crippen molar-refractivity contribution in [2.45, 2.75) is 6.67 Å². The van der Waals surface area contributed by atoms with E-state index in [1.165, 1.54) is 24.3 Å². The lowest BCUT2D eigenvalue weighted by Crippen LogP contribution is -2.18. The number of alkyl halides is 1. The molecule has 4 nitrogen and oxygen atoms in total. The lowest BCUT2D eigenvalue weighted by atomic mass is 10.2. The van der Waals surface area contributed by atoms with Gasteiger partial charge in [-0.15, -0.1) is 0 Å². The normalized spacial score (nSPS) is 11.3. The van der Waals surface area contributed by atoms with Crippen molar-refractivity contribution in [3.63, 3.8) is 0 Å². The second kappa shape index (κ2) is 3.87. The number of phosphoric ester groups is 1. The van der Waals surface area contributed by atoms with Crippen LogP contribution in [0.5, 0.6) is 5.75 Å². The molecule has 72 valence electrons. The number of benzene rings is 1. The predicted octanol–water partition coefficient (Wildman–Crippen LogP) is 0.364. The van der Waals surface area contributed by atoms with E-state index in [-0.39, 0.29) is 5.75 Å². The summed E-state index contributed by atoms with van der Waals surface area (Å²) in [6, 6.07) is 5.12. The summed E-state index contributed by atoms with van der Waals surface area (Å²) in [6.45, 7) is -0.646. The smallest absolute Gasteiger partial charge is 0.124 e. The molecule has 0 saturated heterocycles. The molecular weight excluding hydrogens is 198 g/mol. The number of rotatable bonds is 3. The first-order valence-corrected chi connectivity index (χ1v) is 4.84. The Morgan fingerprint density at radius 2 is 1.85 bits per heavy atom. The fourth-order valence-corrected chi connectivity index (χ4v) is 1.15. The van der Waals surface area contributed by atoms with E-state index in [9.17, 15) is 18.7 Å². The van der Waals surface area contributed by atoms with Crippen molar-refractivity contribution >= 4 is 7.82 Å². The monoisotopic (exact) mass is 204 g/mol. The van der Waals surface area contributed by atoms with Crippen LogP contribution >= 0.6 is 7.82 Å². The van der Waals surface area contributed by atoms with Gasteiger partial charge in [-0.1, -0.05) is 12.1 Å². The molecule has 6 heteroatoms. The van der Waals surface area contributed by atoms with E-state index in [4.69, 9.17) is 0 Å². The third kappa shape index (κ3) is 3.55. The van der Waals surface area contributed by atoms with Crippen LogP contribution in [-0.4, -0.2) is 0 Å². The second-order valence-electron chi connectivity index (χ2n) is 2.32. The maximum Gasteiger partial charge on any atom is 0.124 e. The van der Waals surface area contributed by atoms with Crippen LogP contribution in [0.4, 0.5) is 4.39 Å². The topological polar surface area (TPSA) is 72.4 Å². The zero-order valence-corrected chi connectivity index (χ0v) is 7.37. The molecule has 0 aliphatic rings. The lowest BCUT2D eigenvalue weighted by molar-refractivity contribution is -0.333. The van der Waals surface area contributed by atoms with E-state index in [1.54, 1.807) is 0 Å². The summed E-state index contributed by atoms with van der Waals surface area (Å²) in [4.78, 5) is 20.3.